The van der Waals surface area contributed by atoms with Gasteiger partial charge in [0.05, 0.1) is 0 Å². The van der Waals surface area contributed by atoms with E-state index in [1.807, 2.05) is 0 Å². The highest BCUT2D eigenvalue weighted by atomic mass is 16.4. The lowest BCUT2D eigenvalue weighted by Crippen LogP contribution is -2.51. The number of aliphatic hydroxyl groups is 3. The van der Waals surface area contributed by atoms with Crippen molar-refractivity contribution in [2.75, 3.05) is 0 Å². The fourth-order valence-corrected chi connectivity index (χ4v) is 3.80. The fourth-order valence-electron chi connectivity index (χ4n) is 3.80. The fraction of sp³-hybridized carbons (Fsp3) is 0.850. The van der Waals surface area contributed by atoms with Crippen LogP contribution in [0.1, 0.15) is 96.8 Å². The molecule has 2 atom stereocenters. The predicted molar refractivity (Wildman–Crippen MR) is 98.6 cm³/mol. The van der Waals surface area contributed by atoms with E-state index in [2.05, 4.69) is 6.92 Å². The first-order valence-electron chi connectivity index (χ1n) is 9.92. The van der Waals surface area contributed by atoms with Crippen LogP contribution in [0.4, 0.5) is 0 Å². The lowest BCUT2D eigenvalue weighted by Gasteiger charge is -2.38. The van der Waals surface area contributed by atoms with E-state index in [9.17, 15) is 20.1 Å². The van der Waals surface area contributed by atoms with Crippen LogP contribution < -0.4 is 0 Å². The number of aliphatic hydroxyl groups excluding tert-OH is 1. The molecular formula is C20H36O5. The second-order valence-corrected chi connectivity index (χ2v) is 7.49. The van der Waals surface area contributed by atoms with Crippen LogP contribution in [0, 0.1) is 0 Å². The number of carboxylic acid groups (broad SMARTS) is 1. The van der Waals surface area contributed by atoms with Crippen molar-refractivity contribution in [1.29, 1.82) is 0 Å². The van der Waals surface area contributed by atoms with E-state index in [0.29, 0.717) is 32.1 Å². The third-order valence-electron chi connectivity index (χ3n) is 5.45. The van der Waals surface area contributed by atoms with Gasteiger partial charge in [-0.2, -0.15) is 0 Å². The van der Waals surface area contributed by atoms with Gasteiger partial charge in [-0.15, -0.1) is 0 Å². The Morgan fingerprint density at radius 1 is 0.960 bits per heavy atom. The molecule has 0 aromatic heterocycles. The number of hydrogen-bond acceptors (Lipinski definition) is 4. The van der Waals surface area contributed by atoms with Gasteiger partial charge < -0.3 is 20.4 Å². The summed E-state index contributed by atoms with van der Waals surface area (Å²) in [5, 5.41) is 40.8. The number of aliphatic carboxylic acids is 1. The van der Waals surface area contributed by atoms with E-state index in [0.717, 1.165) is 44.9 Å². The quantitative estimate of drug-likeness (QED) is 0.288. The van der Waals surface area contributed by atoms with E-state index < -0.39 is 17.2 Å². The van der Waals surface area contributed by atoms with Crippen molar-refractivity contribution in [2.24, 2.45) is 0 Å². The van der Waals surface area contributed by atoms with Crippen molar-refractivity contribution in [3.63, 3.8) is 0 Å². The molecule has 1 saturated carbocycles. The summed E-state index contributed by atoms with van der Waals surface area (Å²) in [6, 6.07) is 0. The van der Waals surface area contributed by atoms with Crippen molar-refractivity contribution in [1.82, 2.24) is 0 Å². The van der Waals surface area contributed by atoms with Gasteiger partial charge in [-0.1, -0.05) is 45.4 Å². The zero-order chi connectivity index (χ0) is 18.8. The SMILES string of the molecule is CCCCCC/C=C(/O)C1(O)CCCC1(O)CCCCCCC(=O)O. The lowest BCUT2D eigenvalue weighted by atomic mass is 9.80. The molecule has 1 aliphatic carbocycles. The topological polar surface area (TPSA) is 98.0 Å². The number of allylic oxidation sites excluding steroid dienone is 1. The summed E-state index contributed by atoms with van der Waals surface area (Å²) in [4.78, 5) is 10.5. The van der Waals surface area contributed by atoms with E-state index in [4.69, 9.17) is 5.11 Å². The normalized spacial score (nSPS) is 26.9. The second kappa shape index (κ2) is 10.8. The molecule has 0 amide bonds. The minimum Gasteiger partial charge on any atom is -0.509 e. The number of carbonyl (C=O) groups is 1. The molecule has 5 heteroatoms. The summed E-state index contributed by atoms with van der Waals surface area (Å²) < 4.78 is 0. The zero-order valence-corrected chi connectivity index (χ0v) is 15.7. The Bertz CT molecular complexity index is 434. The predicted octanol–water partition coefficient (Wildman–Crippen LogP) is 4.47. The van der Waals surface area contributed by atoms with E-state index in [1.54, 1.807) is 6.08 Å². The number of unbranched alkanes of at least 4 members (excludes halogenated alkanes) is 7. The van der Waals surface area contributed by atoms with Crippen LogP contribution in [0.5, 0.6) is 0 Å². The van der Waals surface area contributed by atoms with Gasteiger partial charge in [0.1, 0.15) is 17.0 Å². The molecule has 0 aliphatic heterocycles. The van der Waals surface area contributed by atoms with Gasteiger partial charge in [0.2, 0.25) is 0 Å². The van der Waals surface area contributed by atoms with Gasteiger partial charge in [-0.3, -0.25) is 4.79 Å². The molecule has 0 bridgehead atoms. The monoisotopic (exact) mass is 356 g/mol. The van der Waals surface area contributed by atoms with Gasteiger partial charge in [0.15, 0.2) is 0 Å². The van der Waals surface area contributed by atoms with Crippen molar-refractivity contribution < 1.29 is 25.2 Å². The summed E-state index contributed by atoms with van der Waals surface area (Å²) in [5.74, 6) is -0.854. The standard InChI is InChI=1S/C20H36O5/c1-2-3-4-5-8-12-17(21)20(25)16-11-15-19(20,24)14-10-7-6-9-13-18(22)23/h12,21,24-25H,2-11,13-16H2,1H3,(H,22,23)/b17-12+. The molecule has 146 valence electrons. The third kappa shape index (κ3) is 6.63. The molecule has 0 radical (unpaired) electrons. The Hall–Kier alpha value is -1.07. The van der Waals surface area contributed by atoms with Crippen LogP contribution >= 0.6 is 0 Å². The maximum absolute atomic E-state index is 10.9. The van der Waals surface area contributed by atoms with Crippen molar-refractivity contribution in [2.45, 2.75) is 108 Å². The molecule has 5 nitrogen and oxygen atoms in total. The number of rotatable bonds is 13. The van der Waals surface area contributed by atoms with Gasteiger partial charge in [-0.25, -0.2) is 0 Å². The van der Waals surface area contributed by atoms with Crippen LogP contribution in [-0.4, -0.2) is 37.6 Å². The Labute approximate surface area is 151 Å². The summed E-state index contributed by atoms with van der Waals surface area (Å²) in [6.45, 7) is 2.15. The molecule has 0 aromatic rings. The highest BCUT2D eigenvalue weighted by molar-refractivity contribution is 5.66. The third-order valence-corrected chi connectivity index (χ3v) is 5.45. The Morgan fingerprint density at radius 2 is 1.64 bits per heavy atom. The maximum atomic E-state index is 10.9. The molecule has 4 N–H and O–H groups in total. The number of carboxylic acids is 1. The zero-order valence-electron chi connectivity index (χ0n) is 15.7. The molecule has 25 heavy (non-hydrogen) atoms. The molecule has 0 saturated heterocycles. The molecule has 0 aromatic carbocycles. The van der Waals surface area contributed by atoms with E-state index >= 15 is 0 Å². The second-order valence-electron chi connectivity index (χ2n) is 7.49. The van der Waals surface area contributed by atoms with Crippen LogP contribution in [-0.2, 0) is 4.79 Å². The van der Waals surface area contributed by atoms with Gasteiger partial charge in [0, 0.05) is 6.42 Å². The molecule has 0 spiro atoms. The molecular weight excluding hydrogens is 320 g/mol. The van der Waals surface area contributed by atoms with Crippen LogP contribution in [0.25, 0.3) is 0 Å². The smallest absolute Gasteiger partial charge is 0.303 e. The largest absolute Gasteiger partial charge is 0.509 e. The van der Waals surface area contributed by atoms with Crippen molar-refractivity contribution >= 4 is 5.97 Å². The highest BCUT2D eigenvalue weighted by Gasteiger charge is 2.55. The summed E-state index contributed by atoms with van der Waals surface area (Å²) in [5.41, 5.74) is -2.80. The lowest BCUT2D eigenvalue weighted by molar-refractivity contribution is -0.137. The number of hydrogen-bond donors (Lipinski definition) is 4. The molecule has 2 unspecified atom stereocenters. The molecule has 1 aliphatic rings. The van der Waals surface area contributed by atoms with Gasteiger partial charge in [0.25, 0.3) is 0 Å². The van der Waals surface area contributed by atoms with Crippen LogP contribution in [0.15, 0.2) is 11.8 Å². The van der Waals surface area contributed by atoms with Gasteiger partial charge in [-0.05, 0) is 51.0 Å². The highest BCUT2D eigenvalue weighted by Crippen LogP contribution is 2.46. The summed E-state index contributed by atoms with van der Waals surface area (Å²) >= 11 is 0. The Kier molecular flexibility index (Phi) is 9.51. The van der Waals surface area contributed by atoms with Crippen LogP contribution in [0.2, 0.25) is 0 Å². The minimum absolute atomic E-state index is 0.0742. The van der Waals surface area contributed by atoms with Crippen molar-refractivity contribution in [3.8, 4) is 0 Å². The van der Waals surface area contributed by atoms with Crippen LogP contribution in [0.3, 0.4) is 0 Å². The minimum atomic E-state index is -1.53. The van der Waals surface area contributed by atoms with E-state index in [-0.39, 0.29) is 12.2 Å². The van der Waals surface area contributed by atoms with E-state index in [1.165, 1.54) is 6.42 Å². The summed E-state index contributed by atoms with van der Waals surface area (Å²) in [6.07, 6.45) is 12.0. The first kappa shape index (κ1) is 22.0. The Morgan fingerprint density at radius 3 is 2.32 bits per heavy atom. The average molecular weight is 357 g/mol. The summed E-state index contributed by atoms with van der Waals surface area (Å²) in [7, 11) is 0. The molecule has 1 rings (SSSR count). The van der Waals surface area contributed by atoms with Gasteiger partial charge >= 0.3 is 5.97 Å². The average Bonchev–Trinajstić information content (AvgIpc) is 2.86. The molecule has 0 heterocycles. The van der Waals surface area contributed by atoms with Crippen molar-refractivity contribution in [3.05, 3.63) is 11.8 Å². The maximum Gasteiger partial charge on any atom is 0.303 e. The Balaban J connectivity index is 2.47. The molecule has 1 fully saturated rings. The first-order valence-corrected chi connectivity index (χ1v) is 9.92. The first-order chi connectivity index (χ1) is 11.9.